The average Bonchev–Trinajstić information content (AvgIpc) is 2.72. The van der Waals surface area contributed by atoms with Gasteiger partial charge in [-0.15, -0.1) is 13.2 Å². The van der Waals surface area contributed by atoms with Crippen LogP contribution in [0.2, 0.25) is 0 Å². The molecule has 0 radical (unpaired) electrons. The van der Waals surface area contributed by atoms with E-state index in [9.17, 15) is 30.6 Å². The molecule has 0 bridgehead atoms. The maximum atomic E-state index is 13.4. The Morgan fingerprint density at radius 2 is 1.73 bits per heavy atom. The number of ether oxygens (including phenoxy) is 1. The Morgan fingerprint density at radius 1 is 1.03 bits per heavy atom. The van der Waals surface area contributed by atoms with E-state index in [1.807, 2.05) is 0 Å². The largest absolute Gasteiger partial charge is 0.573 e. The van der Waals surface area contributed by atoms with Gasteiger partial charge in [0.05, 0.1) is 0 Å². The summed E-state index contributed by atoms with van der Waals surface area (Å²) in [6.45, 7) is -0.0337. The predicted octanol–water partition coefficient (Wildman–Crippen LogP) is 5.49. The third-order valence-electron chi connectivity index (χ3n) is 4.13. The summed E-state index contributed by atoms with van der Waals surface area (Å²) in [5.74, 6) is -1.17. The van der Waals surface area contributed by atoms with Crippen molar-refractivity contribution >= 4 is 28.3 Å². The van der Waals surface area contributed by atoms with E-state index < -0.39 is 40.5 Å². The van der Waals surface area contributed by atoms with Crippen molar-refractivity contribution in [2.75, 3.05) is 16.9 Å². The van der Waals surface area contributed by atoms with Gasteiger partial charge in [-0.05, 0) is 42.0 Å². The lowest BCUT2D eigenvalue weighted by Crippen LogP contribution is -2.17. The number of hydrogen-bond acceptors (Lipinski definition) is 6. The fourth-order valence-electron chi connectivity index (χ4n) is 2.67. The summed E-state index contributed by atoms with van der Waals surface area (Å²) in [5.41, 5.74) is -0.283. The fraction of sp³-hybridized carbons (Fsp3) is 0.200. The second kappa shape index (κ2) is 9.65. The zero-order valence-corrected chi connectivity index (χ0v) is 17.6. The molecular weight excluding hydrogens is 474 g/mol. The van der Waals surface area contributed by atoms with Gasteiger partial charge >= 0.3 is 12.5 Å². The van der Waals surface area contributed by atoms with Gasteiger partial charge in [-0.2, -0.15) is 18.2 Å². The monoisotopic (exact) mass is 490 g/mol. The lowest BCUT2D eigenvalue weighted by Gasteiger charge is -2.15. The Morgan fingerprint density at radius 3 is 2.33 bits per heavy atom. The summed E-state index contributed by atoms with van der Waals surface area (Å²) >= 11 is 0. The molecule has 13 heteroatoms. The molecule has 0 spiro atoms. The number of aromatic nitrogens is 2. The number of anilines is 3. The highest BCUT2D eigenvalue weighted by molar-refractivity contribution is 7.84. The molecule has 6 nitrogen and oxygen atoms in total. The minimum absolute atomic E-state index is 0.0337. The topological polar surface area (TPSA) is 76.1 Å². The molecule has 33 heavy (non-hydrogen) atoms. The van der Waals surface area contributed by atoms with Crippen molar-refractivity contribution in [3.05, 3.63) is 65.9 Å². The van der Waals surface area contributed by atoms with Crippen molar-refractivity contribution in [3.8, 4) is 5.75 Å². The van der Waals surface area contributed by atoms with E-state index in [0.29, 0.717) is 16.7 Å². The van der Waals surface area contributed by atoms with Crippen LogP contribution in [0.15, 0.2) is 59.6 Å². The highest BCUT2D eigenvalue weighted by Crippen LogP contribution is 2.34. The van der Waals surface area contributed by atoms with Gasteiger partial charge in [0.25, 0.3) is 0 Å². The van der Waals surface area contributed by atoms with Gasteiger partial charge in [-0.1, -0.05) is 12.1 Å². The highest BCUT2D eigenvalue weighted by Gasteiger charge is 2.35. The quantitative estimate of drug-likeness (QED) is 0.427. The van der Waals surface area contributed by atoms with E-state index >= 15 is 0 Å². The molecule has 0 saturated heterocycles. The Labute approximate surface area is 186 Å². The molecule has 1 heterocycles. The number of benzene rings is 2. The van der Waals surface area contributed by atoms with Crippen LogP contribution in [0.25, 0.3) is 0 Å². The predicted molar refractivity (Wildman–Crippen MR) is 110 cm³/mol. The summed E-state index contributed by atoms with van der Waals surface area (Å²) in [6.07, 6.45) is -7.50. The third-order valence-corrected chi connectivity index (χ3v) is 5.05. The fourth-order valence-corrected chi connectivity index (χ4v) is 3.26. The number of hydrogen-bond donors (Lipinski definition) is 2. The van der Waals surface area contributed by atoms with Crippen molar-refractivity contribution in [1.29, 1.82) is 0 Å². The second-order valence-corrected chi connectivity index (χ2v) is 7.99. The molecule has 0 amide bonds. The number of halogens is 6. The van der Waals surface area contributed by atoms with Gasteiger partial charge in [0.1, 0.15) is 17.1 Å². The van der Waals surface area contributed by atoms with Crippen LogP contribution in [0.4, 0.5) is 43.8 Å². The molecule has 0 fully saturated rings. The van der Waals surface area contributed by atoms with Crippen molar-refractivity contribution in [3.63, 3.8) is 0 Å². The van der Waals surface area contributed by atoms with Crippen molar-refractivity contribution in [1.82, 2.24) is 9.97 Å². The van der Waals surface area contributed by atoms with Gasteiger partial charge in [0.2, 0.25) is 5.95 Å². The maximum Gasteiger partial charge on any atom is 0.573 e. The summed E-state index contributed by atoms with van der Waals surface area (Å²) in [7, 11) is -1.25. The number of nitrogens with zero attached hydrogens (tertiary/aromatic N) is 2. The zero-order chi connectivity index (χ0) is 24.2. The Kier molecular flexibility index (Phi) is 7.10. The lowest BCUT2D eigenvalue weighted by molar-refractivity contribution is -0.274. The van der Waals surface area contributed by atoms with Crippen LogP contribution in [0, 0.1) is 0 Å². The minimum atomic E-state index is -4.85. The van der Waals surface area contributed by atoms with Crippen LogP contribution >= 0.6 is 0 Å². The van der Waals surface area contributed by atoms with Crippen LogP contribution in [-0.4, -0.2) is 26.8 Å². The van der Waals surface area contributed by atoms with Crippen LogP contribution in [-0.2, 0) is 23.5 Å². The van der Waals surface area contributed by atoms with Crippen LogP contribution in [0.5, 0.6) is 5.75 Å². The molecule has 1 atom stereocenters. The first-order valence-electron chi connectivity index (χ1n) is 9.14. The van der Waals surface area contributed by atoms with E-state index in [0.717, 1.165) is 12.1 Å². The van der Waals surface area contributed by atoms with Gasteiger partial charge in [0.15, 0.2) is 0 Å². The van der Waals surface area contributed by atoms with E-state index in [-0.39, 0.29) is 18.2 Å². The standard InChI is InChI=1S/C20H16F6N4O2S/c1-33(31)15-4-2-3-12(9-15)10-27-17-16(19(21,22)23)11-28-18(30-17)29-13-5-7-14(8-6-13)32-20(24,25)26/h2-9,11H,10H2,1H3,(H2,27,28,29,30). The van der Waals surface area contributed by atoms with E-state index in [1.165, 1.54) is 18.4 Å². The van der Waals surface area contributed by atoms with Gasteiger partial charge in [-0.25, -0.2) is 4.98 Å². The lowest BCUT2D eigenvalue weighted by atomic mass is 10.2. The highest BCUT2D eigenvalue weighted by atomic mass is 32.2. The molecule has 0 aliphatic rings. The first-order valence-corrected chi connectivity index (χ1v) is 10.7. The zero-order valence-electron chi connectivity index (χ0n) is 16.8. The molecule has 3 aromatic rings. The summed E-state index contributed by atoms with van der Waals surface area (Å²) in [5, 5.41) is 5.24. The van der Waals surface area contributed by atoms with Crippen LogP contribution < -0.4 is 15.4 Å². The molecular formula is C20H16F6N4O2S. The van der Waals surface area contributed by atoms with Crippen molar-refractivity contribution in [2.24, 2.45) is 0 Å². The number of nitrogens with one attached hydrogen (secondary N) is 2. The molecule has 0 aliphatic carbocycles. The summed E-state index contributed by atoms with van der Waals surface area (Å²) in [6, 6.07) is 11.0. The van der Waals surface area contributed by atoms with Gasteiger partial charge in [-0.3, -0.25) is 4.21 Å². The molecule has 2 N–H and O–H groups in total. The molecule has 1 unspecified atom stereocenters. The Balaban J connectivity index is 1.80. The smallest absolute Gasteiger partial charge is 0.406 e. The molecule has 0 saturated carbocycles. The third kappa shape index (κ3) is 7.07. The number of alkyl halides is 6. The Hall–Kier alpha value is -3.35. The Bertz CT molecular complexity index is 1140. The molecule has 2 aromatic carbocycles. The molecule has 3 rings (SSSR count). The second-order valence-electron chi connectivity index (χ2n) is 6.61. The SMILES string of the molecule is CS(=O)c1cccc(CNc2nc(Nc3ccc(OC(F)(F)F)cc3)ncc2C(F)(F)F)c1. The van der Waals surface area contributed by atoms with Crippen molar-refractivity contribution in [2.45, 2.75) is 24.0 Å². The van der Waals surface area contributed by atoms with E-state index in [4.69, 9.17) is 0 Å². The van der Waals surface area contributed by atoms with Gasteiger partial charge in [0, 0.05) is 40.4 Å². The average molecular weight is 490 g/mol. The van der Waals surface area contributed by atoms with Gasteiger partial charge < -0.3 is 15.4 Å². The first-order chi connectivity index (χ1) is 15.4. The first kappa shape index (κ1) is 24.3. The van der Waals surface area contributed by atoms with E-state index in [2.05, 4.69) is 25.3 Å². The number of rotatable bonds is 7. The normalized spacial score (nSPS) is 12.8. The summed E-state index contributed by atoms with van der Waals surface area (Å²) < 4.78 is 92.3. The van der Waals surface area contributed by atoms with Crippen molar-refractivity contribution < 1.29 is 35.3 Å². The summed E-state index contributed by atoms with van der Waals surface area (Å²) in [4.78, 5) is 8.03. The van der Waals surface area contributed by atoms with Crippen LogP contribution in [0.3, 0.4) is 0 Å². The molecule has 1 aromatic heterocycles. The van der Waals surface area contributed by atoms with E-state index in [1.54, 1.807) is 24.3 Å². The van der Waals surface area contributed by atoms with Crippen LogP contribution in [0.1, 0.15) is 11.1 Å². The molecule has 0 aliphatic heterocycles. The minimum Gasteiger partial charge on any atom is -0.406 e. The maximum absolute atomic E-state index is 13.4. The molecule has 176 valence electrons.